The van der Waals surface area contributed by atoms with Crippen LogP contribution in [-0.2, 0) is 10.2 Å². The summed E-state index contributed by atoms with van der Waals surface area (Å²) in [6.07, 6.45) is 3.17. The Morgan fingerprint density at radius 2 is 1.89 bits per heavy atom. The van der Waals surface area contributed by atoms with Crippen molar-refractivity contribution in [3.05, 3.63) is 41.3 Å². The van der Waals surface area contributed by atoms with Gasteiger partial charge in [0, 0.05) is 43.2 Å². The van der Waals surface area contributed by atoms with E-state index in [0.29, 0.717) is 48.3 Å². The number of likely N-dealkylation sites (tertiary alicyclic amines) is 1. The summed E-state index contributed by atoms with van der Waals surface area (Å²) in [6.45, 7) is 0.876. The molecule has 2 N–H and O–H groups in total. The van der Waals surface area contributed by atoms with E-state index in [0.717, 1.165) is 18.5 Å². The average Bonchev–Trinajstić information content (AvgIpc) is 3.52. The number of carbonyl (C=O) groups is 1. The number of hydrogen-bond donors (Lipinski definition) is 2. The molecule has 2 heterocycles. The minimum absolute atomic E-state index is 0.158. The van der Waals surface area contributed by atoms with E-state index in [1.54, 1.807) is 17.0 Å². The molecule has 0 bridgehead atoms. The number of amides is 1. The van der Waals surface area contributed by atoms with Gasteiger partial charge in [0.1, 0.15) is 5.82 Å². The van der Waals surface area contributed by atoms with Crippen LogP contribution in [0, 0.1) is 5.82 Å². The van der Waals surface area contributed by atoms with Crippen LogP contribution >= 0.6 is 0 Å². The molecule has 2 aliphatic rings. The number of aromatic nitrogens is 1. The maximum Gasteiger partial charge on any atom is 0.276 e. The molecule has 28 heavy (non-hydrogen) atoms. The molecule has 1 amide bonds. The molecule has 9 heteroatoms. The van der Waals surface area contributed by atoms with Crippen molar-refractivity contribution < 1.29 is 17.6 Å². The third-order valence-electron chi connectivity index (χ3n) is 5.39. The number of nitrogens with zero attached hydrogens (tertiary/aromatic N) is 2. The molecule has 2 aromatic rings. The second-order valence-corrected chi connectivity index (χ2v) is 9.07. The number of halogens is 1. The summed E-state index contributed by atoms with van der Waals surface area (Å²) in [6, 6.07) is 5.93. The van der Waals surface area contributed by atoms with Gasteiger partial charge in [-0.1, -0.05) is 0 Å². The smallest absolute Gasteiger partial charge is 0.276 e. The van der Waals surface area contributed by atoms with Crippen molar-refractivity contribution in [2.75, 3.05) is 20.1 Å². The van der Waals surface area contributed by atoms with E-state index in [1.807, 2.05) is 0 Å². The number of piperidine rings is 1. The Balaban J connectivity index is 1.57. The molecule has 1 aromatic carbocycles. The second kappa shape index (κ2) is 7.38. The van der Waals surface area contributed by atoms with Gasteiger partial charge in [-0.25, -0.2) is 9.11 Å². The number of rotatable bonds is 5. The number of nitrogens with one attached hydrogen (secondary N) is 2. The normalized spacial score (nSPS) is 18.6. The van der Waals surface area contributed by atoms with Crippen LogP contribution < -0.4 is 9.44 Å². The van der Waals surface area contributed by atoms with Gasteiger partial charge in [0.15, 0.2) is 0 Å². The average molecular weight is 406 g/mol. The predicted molar refractivity (Wildman–Crippen MR) is 104 cm³/mol. The Morgan fingerprint density at radius 1 is 1.18 bits per heavy atom. The summed E-state index contributed by atoms with van der Waals surface area (Å²) in [5.74, 6) is -0.180. The number of fused-ring (bicyclic) bond motifs is 1. The lowest BCUT2D eigenvalue weighted by Crippen LogP contribution is -2.48. The van der Waals surface area contributed by atoms with Crippen LogP contribution in [0.2, 0.25) is 0 Å². The van der Waals surface area contributed by atoms with E-state index in [1.165, 1.54) is 19.2 Å². The van der Waals surface area contributed by atoms with Crippen molar-refractivity contribution in [1.82, 2.24) is 19.3 Å². The van der Waals surface area contributed by atoms with Crippen LogP contribution in [0.5, 0.6) is 0 Å². The monoisotopic (exact) mass is 406 g/mol. The molecule has 0 spiro atoms. The molecule has 1 aromatic heterocycles. The molecule has 0 atom stereocenters. The van der Waals surface area contributed by atoms with Crippen molar-refractivity contribution >= 4 is 27.0 Å². The molecule has 1 aliphatic carbocycles. The van der Waals surface area contributed by atoms with Crippen LogP contribution in [-0.4, -0.2) is 50.4 Å². The van der Waals surface area contributed by atoms with Crippen molar-refractivity contribution in [2.45, 2.75) is 37.6 Å². The summed E-state index contributed by atoms with van der Waals surface area (Å²) in [4.78, 5) is 19.5. The zero-order chi connectivity index (χ0) is 19.9. The molecular formula is C19H23FN4O3S. The topological polar surface area (TPSA) is 91.4 Å². The largest absolute Gasteiger partial charge is 0.339 e. The van der Waals surface area contributed by atoms with E-state index < -0.39 is 16.0 Å². The highest BCUT2D eigenvalue weighted by molar-refractivity contribution is 7.87. The van der Waals surface area contributed by atoms with Crippen LogP contribution in [0.25, 0.3) is 10.9 Å². The fraction of sp³-hybridized carbons (Fsp3) is 0.474. The third-order valence-corrected chi connectivity index (χ3v) is 6.57. The van der Waals surface area contributed by atoms with Crippen LogP contribution in [0.3, 0.4) is 0 Å². The zero-order valence-corrected chi connectivity index (χ0v) is 16.4. The highest BCUT2D eigenvalue weighted by Gasteiger charge is 2.30. The molecule has 150 valence electrons. The molecule has 0 unspecified atom stereocenters. The Labute approximate surface area is 163 Å². The van der Waals surface area contributed by atoms with Gasteiger partial charge < -0.3 is 4.90 Å². The van der Waals surface area contributed by atoms with Crippen LogP contribution in [0.4, 0.5) is 4.39 Å². The lowest BCUT2D eigenvalue weighted by molar-refractivity contribution is 0.0713. The lowest BCUT2D eigenvalue weighted by atomic mass is 10.0. The fourth-order valence-electron chi connectivity index (χ4n) is 3.63. The van der Waals surface area contributed by atoms with Gasteiger partial charge in [0.05, 0.1) is 11.1 Å². The first-order valence-corrected chi connectivity index (χ1v) is 10.9. The Kier molecular flexibility index (Phi) is 5.07. The van der Waals surface area contributed by atoms with Crippen molar-refractivity contribution in [1.29, 1.82) is 0 Å². The summed E-state index contributed by atoms with van der Waals surface area (Å²) < 4.78 is 41.9. The molecule has 4 rings (SSSR count). The Bertz CT molecular complexity index is 1020. The molecule has 1 saturated heterocycles. The van der Waals surface area contributed by atoms with Gasteiger partial charge in [-0.3, -0.25) is 9.78 Å². The van der Waals surface area contributed by atoms with E-state index in [-0.39, 0.29) is 11.9 Å². The number of carbonyl (C=O) groups excluding carboxylic acids is 1. The number of hydrogen-bond acceptors (Lipinski definition) is 4. The summed E-state index contributed by atoms with van der Waals surface area (Å²) in [7, 11) is -2.15. The predicted octanol–water partition coefficient (Wildman–Crippen LogP) is 1.91. The van der Waals surface area contributed by atoms with Gasteiger partial charge in [-0.05, 0) is 49.9 Å². The minimum Gasteiger partial charge on any atom is -0.339 e. The van der Waals surface area contributed by atoms with Crippen LogP contribution in [0.1, 0.15) is 47.7 Å². The fourth-order valence-corrected chi connectivity index (χ4v) is 4.43. The van der Waals surface area contributed by atoms with Crippen molar-refractivity contribution in [3.8, 4) is 0 Å². The first-order valence-electron chi connectivity index (χ1n) is 9.46. The Hall–Kier alpha value is -2.10. The highest BCUT2D eigenvalue weighted by Crippen LogP contribution is 2.40. The molecular weight excluding hydrogens is 383 g/mol. The summed E-state index contributed by atoms with van der Waals surface area (Å²) >= 11 is 0. The van der Waals surface area contributed by atoms with Crippen LogP contribution in [0.15, 0.2) is 24.3 Å². The number of benzene rings is 1. The van der Waals surface area contributed by atoms with Gasteiger partial charge >= 0.3 is 0 Å². The molecule has 2 fully saturated rings. The van der Waals surface area contributed by atoms with Crippen molar-refractivity contribution in [2.24, 2.45) is 0 Å². The van der Waals surface area contributed by atoms with Crippen molar-refractivity contribution in [3.63, 3.8) is 0 Å². The van der Waals surface area contributed by atoms with E-state index >= 15 is 0 Å². The first kappa shape index (κ1) is 19.2. The van der Waals surface area contributed by atoms with Gasteiger partial charge in [0.2, 0.25) is 0 Å². The zero-order valence-electron chi connectivity index (χ0n) is 15.6. The Morgan fingerprint density at radius 3 is 2.54 bits per heavy atom. The first-order chi connectivity index (χ1) is 13.4. The number of pyridine rings is 1. The third kappa shape index (κ3) is 4.01. The van der Waals surface area contributed by atoms with E-state index in [2.05, 4.69) is 14.4 Å². The maximum absolute atomic E-state index is 13.8. The van der Waals surface area contributed by atoms with Gasteiger partial charge in [-0.2, -0.15) is 13.1 Å². The molecule has 7 nitrogen and oxygen atoms in total. The van der Waals surface area contributed by atoms with E-state index in [4.69, 9.17) is 0 Å². The minimum atomic E-state index is -3.50. The SMILES string of the molecule is CNS(=O)(=O)NC1CCN(C(=O)c2cc(C3CC3)nc3ccc(F)cc23)CC1. The molecule has 1 saturated carbocycles. The van der Waals surface area contributed by atoms with Gasteiger partial charge in [-0.15, -0.1) is 0 Å². The summed E-state index contributed by atoms with van der Waals surface area (Å²) in [5.41, 5.74) is 1.99. The second-order valence-electron chi connectivity index (χ2n) is 7.42. The van der Waals surface area contributed by atoms with Gasteiger partial charge in [0.25, 0.3) is 16.1 Å². The standard InChI is InChI=1S/C19H23FN4O3S/c1-21-28(26,27)23-14-6-8-24(9-7-14)19(25)16-11-18(12-2-3-12)22-17-5-4-13(20)10-15(16)17/h4-5,10-12,14,21,23H,2-3,6-9H2,1H3. The molecule has 1 aliphatic heterocycles. The maximum atomic E-state index is 13.8. The summed E-state index contributed by atoms with van der Waals surface area (Å²) in [5, 5.41) is 0.521. The van der Waals surface area contributed by atoms with E-state index in [9.17, 15) is 17.6 Å². The lowest BCUT2D eigenvalue weighted by Gasteiger charge is -2.32. The molecule has 0 radical (unpaired) electrons. The quantitative estimate of drug-likeness (QED) is 0.794. The highest BCUT2D eigenvalue weighted by atomic mass is 32.2.